The van der Waals surface area contributed by atoms with Gasteiger partial charge in [0.1, 0.15) is 0 Å². The van der Waals surface area contributed by atoms with Gasteiger partial charge in [-0.1, -0.05) is 34.6 Å². The van der Waals surface area contributed by atoms with Crippen molar-refractivity contribution in [3.05, 3.63) is 0 Å². The van der Waals surface area contributed by atoms with E-state index in [2.05, 4.69) is 46.4 Å². The Hall–Kier alpha value is -0.570. The zero-order valence-electron chi connectivity index (χ0n) is 18.6. The summed E-state index contributed by atoms with van der Waals surface area (Å²) in [6, 6.07) is 0.704. The van der Waals surface area contributed by atoms with Crippen LogP contribution in [0.15, 0.2) is 0 Å². The molecular weight excluding hydrogens is 320 g/mol. The minimum Gasteiger partial charge on any atom is -0.343 e. The molecule has 0 aromatic carbocycles. The molecule has 2 aliphatic heterocycles. The maximum atomic E-state index is 11.6. The minimum atomic E-state index is 0.242. The van der Waals surface area contributed by atoms with Crippen LogP contribution in [0, 0.1) is 22.7 Å². The molecule has 2 heterocycles. The van der Waals surface area contributed by atoms with Crippen LogP contribution in [0.2, 0.25) is 0 Å². The topological polar surface area (TPSA) is 23.6 Å². The van der Waals surface area contributed by atoms with Crippen LogP contribution in [0.4, 0.5) is 0 Å². The first kappa shape index (κ1) is 21.7. The van der Waals surface area contributed by atoms with Crippen LogP contribution >= 0.6 is 0 Å². The van der Waals surface area contributed by atoms with Gasteiger partial charge in [0, 0.05) is 26.1 Å². The Balaban J connectivity index is 1.77. The second kappa shape index (κ2) is 8.63. The summed E-state index contributed by atoms with van der Waals surface area (Å²) in [7, 11) is 0. The van der Waals surface area contributed by atoms with Crippen LogP contribution in [0.3, 0.4) is 0 Å². The molecule has 0 bridgehead atoms. The van der Waals surface area contributed by atoms with Crippen LogP contribution in [0.25, 0.3) is 0 Å². The molecule has 26 heavy (non-hydrogen) atoms. The first-order chi connectivity index (χ1) is 12.1. The van der Waals surface area contributed by atoms with Crippen molar-refractivity contribution in [3.8, 4) is 0 Å². The first-order valence-electron chi connectivity index (χ1n) is 11.1. The number of piperidine rings is 2. The molecule has 0 radical (unpaired) electrons. The van der Waals surface area contributed by atoms with Crippen molar-refractivity contribution in [2.45, 2.75) is 93.0 Å². The fourth-order valence-electron chi connectivity index (χ4n) is 4.90. The molecule has 2 fully saturated rings. The fraction of sp³-hybridized carbons (Fsp3) is 0.957. The average Bonchev–Trinajstić information content (AvgIpc) is 2.60. The number of amides is 1. The number of carbonyl (C=O) groups excluding carboxylic acids is 1. The van der Waals surface area contributed by atoms with E-state index in [1.807, 2.05) is 4.90 Å². The second-order valence-corrected chi connectivity index (χ2v) is 10.3. The molecule has 2 unspecified atom stereocenters. The van der Waals surface area contributed by atoms with Crippen molar-refractivity contribution >= 4 is 5.91 Å². The predicted molar refractivity (Wildman–Crippen MR) is 111 cm³/mol. The number of nitrogens with zero attached hydrogens (tertiary/aromatic N) is 2. The Morgan fingerprint density at radius 1 is 0.846 bits per heavy atom. The van der Waals surface area contributed by atoms with Crippen molar-refractivity contribution in [2.75, 3.05) is 26.2 Å². The van der Waals surface area contributed by atoms with Gasteiger partial charge in [0.2, 0.25) is 5.91 Å². The summed E-state index contributed by atoms with van der Waals surface area (Å²) < 4.78 is 0. The third-order valence-corrected chi connectivity index (χ3v) is 8.52. The van der Waals surface area contributed by atoms with Gasteiger partial charge in [0.25, 0.3) is 0 Å². The Morgan fingerprint density at radius 3 is 1.81 bits per heavy atom. The Bertz CT molecular complexity index is 457. The van der Waals surface area contributed by atoms with Gasteiger partial charge in [-0.05, 0) is 81.2 Å². The van der Waals surface area contributed by atoms with Crippen molar-refractivity contribution in [1.82, 2.24) is 9.80 Å². The highest BCUT2D eigenvalue weighted by molar-refractivity contribution is 5.73. The van der Waals surface area contributed by atoms with Crippen LogP contribution in [-0.4, -0.2) is 47.9 Å². The van der Waals surface area contributed by atoms with Crippen LogP contribution in [0.5, 0.6) is 0 Å². The number of hydrogen-bond acceptors (Lipinski definition) is 2. The molecule has 152 valence electrons. The first-order valence-corrected chi connectivity index (χ1v) is 11.1. The second-order valence-electron chi connectivity index (χ2n) is 10.3. The molecule has 2 rings (SSSR count). The summed E-state index contributed by atoms with van der Waals surface area (Å²) >= 11 is 0. The molecule has 0 N–H and O–H groups in total. The van der Waals surface area contributed by atoms with E-state index in [1.165, 1.54) is 51.6 Å². The number of hydrogen-bond donors (Lipinski definition) is 0. The van der Waals surface area contributed by atoms with Gasteiger partial charge in [0.05, 0.1) is 0 Å². The van der Waals surface area contributed by atoms with Gasteiger partial charge >= 0.3 is 0 Å². The monoisotopic (exact) mass is 364 g/mol. The summed E-state index contributed by atoms with van der Waals surface area (Å²) in [5.41, 5.74) is 0.950. The molecule has 0 aromatic rings. The summed E-state index contributed by atoms with van der Waals surface area (Å²) in [5.74, 6) is 1.78. The van der Waals surface area contributed by atoms with Gasteiger partial charge in [-0.2, -0.15) is 0 Å². The predicted octanol–water partition coefficient (Wildman–Crippen LogP) is 5.20. The molecular formula is C23H44N2O. The third kappa shape index (κ3) is 5.03. The molecule has 1 amide bonds. The van der Waals surface area contributed by atoms with E-state index in [4.69, 9.17) is 0 Å². The van der Waals surface area contributed by atoms with Crippen molar-refractivity contribution in [1.29, 1.82) is 0 Å². The van der Waals surface area contributed by atoms with Crippen LogP contribution in [0.1, 0.15) is 87.0 Å². The van der Waals surface area contributed by atoms with E-state index < -0.39 is 0 Å². The van der Waals surface area contributed by atoms with E-state index in [1.54, 1.807) is 6.92 Å². The van der Waals surface area contributed by atoms with Gasteiger partial charge in [-0.15, -0.1) is 0 Å². The lowest BCUT2D eigenvalue weighted by atomic mass is 9.69. The largest absolute Gasteiger partial charge is 0.343 e. The highest BCUT2D eigenvalue weighted by Gasteiger charge is 2.37. The Morgan fingerprint density at radius 2 is 1.35 bits per heavy atom. The molecule has 0 aliphatic carbocycles. The number of rotatable bonds is 6. The Labute approximate surface area is 162 Å². The lowest BCUT2D eigenvalue weighted by Crippen LogP contribution is -2.46. The molecule has 3 heteroatoms. The van der Waals surface area contributed by atoms with E-state index in [-0.39, 0.29) is 5.91 Å². The highest BCUT2D eigenvalue weighted by Crippen LogP contribution is 2.42. The quantitative estimate of drug-likeness (QED) is 0.647. The third-order valence-electron chi connectivity index (χ3n) is 8.52. The fourth-order valence-corrected chi connectivity index (χ4v) is 4.90. The minimum absolute atomic E-state index is 0.242. The SMILES string of the molecule is CC(=O)N1CCC(C)(C(C)CCC(C)N2CCC(C)(C(C)C)CC2)CC1. The maximum Gasteiger partial charge on any atom is 0.219 e. The molecule has 3 nitrogen and oxygen atoms in total. The van der Waals surface area contributed by atoms with E-state index in [0.29, 0.717) is 16.9 Å². The summed E-state index contributed by atoms with van der Waals surface area (Å²) in [5, 5.41) is 0. The summed E-state index contributed by atoms with van der Waals surface area (Å²) in [4.78, 5) is 16.3. The van der Waals surface area contributed by atoms with E-state index >= 15 is 0 Å². The zero-order chi connectivity index (χ0) is 19.5. The van der Waals surface area contributed by atoms with E-state index in [0.717, 1.165) is 24.9 Å². The zero-order valence-corrected chi connectivity index (χ0v) is 18.6. The van der Waals surface area contributed by atoms with Crippen molar-refractivity contribution < 1.29 is 4.79 Å². The Kier molecular flexibility index (Phi) is 7.21. The smallest absolute Gasteiger partial charge is 0.219 e. The lowest BCUT2D eigenvalue weighted by Gasteiger charge is -2.45. The van der Waals surface area contributed by atoms with Gasteiger partial charge < -0.3 is 9.80 Å². The van der Waals surface area contributed by atoms with Crippen LogP contribution < -0.4 is 0 Å². The van der Waals surface area contributed by atoms with Crippen LogP contribution in [-0.2, 0) is 4.79 Å². The van der Waals surface area contributed by atoms with Gasteiger partial charge in [-0.3, -0.25) is 4.79 Å². The van der Waals surface area contributed by atoms with Crippen molar-refractivity contribution in [3.63, 3.8) is 0 Å². The molecule has 0 spiro atoms. The summed E-state index contributed by atoms with van der Waals surface area (Å²) in [6.45, 7) is 20.7. The standard InChI is InChI=1S/C23H44N2O/c1-18(2)22(6)10-14-24(15-11-22)20(4)9-8-19(3)23(7)12-16-25(17-13-23)21(5)26/h18-20H,8-17H2,1-7H3. The lowest BCUT2D eigenvalue weighted by molar-refractivity contribution is -0.131. The van der Waals surface area contributed by atoms with Gasteiger partial charge in [-0.25, -0.2) is 0 Å². The average molecular weight is 365 g/mol. The molecule has 0 aromatic heterocycles. The molecule has 0 saturated carbocycles. The van der Waals surface area contributed by atoms with Gasteiger partial charge in [0.15, 0.2) is 0 Å². The highest BCUT2D eigenvalue weighted by atomic mass is 16.2. The molecule has 2 atom stereocenters. The summed E-state index contributed by atoms with van der Waals surface area (Å²) in [6.07, 6.45) is 7.66. The maximum absolute atomic E-state index is 11.6. The number of carbonyl (C=O) groups is 1. The molecule has 2 aliphatic rings. The number of likely N-dealkylation sites (tertiary alicyclic amines) is 2. The van der Waals surface area contributed by atoms with E-state index in [9.17, 15) is 4.79 Å². The normalized spacial score (nSPS) is 25.9. The van der Waals surface area contributed by atoms with Crippen molar-refractivity contribution in [2.24, 2.45) is 22.7 Å². The molecule has 2 saturated heterocycles.